The number of rotatable bonds is 4. The van der Waals surface area contributed by atoms with Gasteiger partial charge in [0.1, 0.15) is 6.54 Å². The van der Waals surface area contributed by atoms with E-state index in [9.17, 15) is 14.4 Å². The highest BCUT2D eigenvalue weighted by molar-refractivity contribution is 5.98. The number of likely N-dealkylation sites (tertiary alicyclic amines) is 1. The normalized spacial score (nSPS) is 15.4. The van der Waals surface area contributed by atoms with Crippen LogP contribution < -0.4 is 4.90 Å². The van der Waals surface area contributed by atoms with Crippen molar-refractivity contribution in [3.05, 3.63) is 30.3 Å². The minimum atomic E-state index is -1.04. The standard InChI is InChI=1S/C16H20N2O4/c1-12(19)17-9-7-13(8-10-17)16(22)18(11-15(20)21)14-5-3-2-4-6-14/h2-6,13H,7-11H2,1H3,(H,20,21). The molecule has 1 aromatic rings. The number of carboxylic acid groups (broad SMARTS) is 1. The molecule has 0 unspecified atom stereocenters. The van der Waals surface area contributed by atoms with Gasteiger partial charge in [0, 0.05) is 31.6 Å². The fourth-order valence-corrected chi connectivity index (χ4v) is 2.70. The Bertz CT molecular complexity index is 551. The summed E-state index contributed by atoms with van der Waals surface area (Å²) in [5, 5.41) is 9.06. The predicted octanol–water partition coefficient (Wildman–Crippen LogP) is 1.36. The fraction of sp³-hybridized carbons (Fsp3) is 0.438. The van der Waals surface area contributed by atoms with Gasteiger partial charge in [0.2, 0.25) is 11.8 Å². The van der Waals surface area contributed by atoms with Crippen LogP contribution in [0.4, 0.5) is 5.69 Å². The van der Waals surface area contributed by atoms with Crippen LogP contribution in [0, 0.1) is 5.92 Å². The summed E-state index contributed by atoms with van der Waals surface area (Å²) in [5.41, 5.74) is 0.587. The summed E-state index contributed by atoms with van der Waals surface area (Å²) in [4.78, 5) is 38.1. The van der Waals surface area contributed by atoms with E-state index in [1.807, 2.05) is 6.07 Å². The molecule has 2 amide bonds. The number of para-hydroxylation sites is 1. The van der Waals surface area contributed by atoms with Gasteiger partial charge < -0.3 is 14.9 Å². The molecule has 1 saturated heterocycles. The van der Waals surface area contributed by atoms with E-state index in [4.69, 9.17) is 5.11 Å². The minimum Gasteiger partial charge on any atom is -0.480 e. The first-order chi connectivity index (χ1) is 10.5. The topological polar surface area (TPSA) is 77.9 Å². The van der Waals surface area contributed by atoms with Crippen molar-refractivity contribution in [2.75, 3.05) is 24.5 Å². The first kappa shape index (κ1) is 16.0. The minimum absolute atomic E-state index is 0.0105. The summed E-state index contributed by atoms with van der Waals surface area (Å²) in [7, 11) is 0. The third-order valence-corrected chi connectivity index (χ3v) is 3.92. The molecule has 6 nitrogen and oxygen atoms in total. The molecule has 0 aliphatic carbocycles. The molecule has 2 rings (SSSR count). The van der Waals surface area contributed by atoms with Crippen molar-refractivity contribution in [3.8, 4) is 0 Å². The summed E-state index contributed by atoms with van der Waals surface area (Å²) < 4.78 is 0. The van der Waals surface area contributed by atoms with Gasteiger partial charge in [0.25, 0.3) is 0 Å². The van der Waals surface area contributed by atoms with Gasteiger partial charge >= 0.3 is 5.97 Å². The van der Waals surface area contributed by atoms with E-state index in [0.717, 1.165) is 0 Å². The summed E-state index contributed by atoms with van der Waals surface area (Å²) in [5.74, 6) is -1.46. The molecule has 1 N–H and O–H groups in total. The second-order valence-corrected chi connectivity index (χ2v) is 5.43. The second-order valence-electron chi connectivity index (χ2n) is 5.43. The number of nitrogens with zero attached hydrogens (tertiary/aromatic N) is 2. The molecule has 1 heterocycles. The average Bonchev–Trinajstić information content (AvgIpc) is 2.52. The Morgan fingerprint density at radius 1 is 1.18 bits per heavy atom. The van der Waals surface area contributed by atoms with Gasteiger partial charge in [0.15, 0.2) is 0 Å². The quantitative estimate of drug-likeness (QED) is 0.911. The molecule has 0 bridgehead atoms. The van der Waals surface area contributed by atoms with Crippen molar-refractivity contribution in [2.24, 2.45) is 5.92 Å². The van der Waals surface area contributed by atoms with Crippen molar-refractivity contribution in [2.45, 2.75) is 19.8 Å². The van der Waals surface area contributed by atoms with Gasteiger partial charge in [-0.3, -0.25) is 14.4 Å². The number of carbonyl (C=O) groups is 3. The number of amides is 2. The molecule has 22 heavy (non-hydrogen) atoms. The van der Waals surface area contributed by atoms with E-state index in [1.54, 1.807) is 29.2 Å². The van der Waals surface area contributed by atoms with E-state index in [1.165, 1.54) is 11.8 Å². The van der Waals surface area contributed by atoms with E-state index in [2.05, 4.69) is 0 Å². The Hall–Kier alpha value is -2.37. The Balaban J connectivity index is 2.10. The number of hydrogen-bond donors (Lipinski definition) is 1. The highest BCUT2D eigenvalue weighted by Gasteiger charge is 2.30. The van der Waals surface area contributed by atoms with Gasteiger partial charge in [-0.1, -0.05) is 18.2 Å². The third-order valence-electron chi connectivity index (χ3n) is 3.92. The molecule has 0 radical (unpaired) electrons. The van der Waals surface area contributed by atoms with E-state index in [-0.39, 0.29) is 24.3 Å². The number of anilines is 1. The number of carboxylic acids is 1. The van der Waals surface area contributed by atoms with Crippen molar-refractivity contribution in [1.82, 2.24) is 4.90 Å². The van der Waals surface area contributed by atoms with Crippen LogP contribution in [-0.4, -0.2) is 47.4 Å². The average molecular weight is 304 g/mol. The lowest BCUT2D eigenvalue weighted by molar-refractivity contribution is -0.137. The number of hydrogen-bond acceptors (Lipinski definition) is 3. The first-order valence-electron chi connectivity index (χ1n) is 7.32. The smallest absolute Gasteiger partial charge is 0.323 e. The summed E-state index contributed by atoms with van der Waals surface area (Å²) in [6, 6.07) is 8.82. The van der Waals surface area contributed by atoms with Crippen LogP contribution in [0.5, 0.6) is 0 Å². The number of benzene rings is 1. The predicted molar refractivity (Wildman–Crippen MR) is 81.4 cm³/mol. The lowest BCUT2D eigenvalue weighted by Crippen LogP contribution is -2.45. The maximum atomic E-state index is 12.7. The van der Waals surface area contributed by atoms with Crippen molar-refractivity contribution >= 4 is 23.5 Å². The van der Waals surface area contributed by atoms with Crippen LogP contribution in [0.1, 0.15) is 19.8 Å². The van der Waals surface area contributed by atoms with Crippen LogP contribution in [-0.2, 0) is 14.4 Å². The molecule has 1 aliphatic rings. The molecule has 118 valence electrons. The van der Waals surface area contributed by atoms with E-state index >= 15 is 0 Å². The molecule has 1 aromatic carbocycles. The molecule has 1 aliphatic heterocycles. The van der Waals surface area contributed by atoms with Gasteiger partial charge in [-0.25, -0.2) is 0 Å². The first-order valence-corrected chi connectivity index (χ1v) is 7.32. The van der Waals surface area contributed by atoms with Crippen LogP contribution in [0.3, 0.4) is 0 Å². The molecular formula is C16H20N2O4. The largest absolute Gasteiger partial charge is 0.480 e. The molecular weight excluding hydrogens is 284 g/mol. The Morgan fingerprint density at radius 3 is 2.27 bits per heavy atom. The zero-order valence-electron chi connectivity index (χ0n) is 12.6. The summed E-state index contributed by atoms with van der Waals surface area (Å²) >= 11 is 0. The van der Waals surface area contributed by atoms with Crippen LogP contribution in [0.25, 0.3) is 0 Å². The molecule has 1 fully saturated rings. The number of carbonyl (C=O) groups excluding carboxylic acids is 2. The lowest BCUT2D eigenvalue weighted by Gasteiger charge is -2.33. The van der Waals surface area contributed by atoms with Crippen LogP contribution in [0.2, 0.25) is 0 Å². The van der Waals surface area contributed by atoms with Crippen molar-refractivity contribution in [1.29, 1.82) is 0 Å². The zero-order valence-corrected chi connectivity index (χ0v) is 12.6. The van der Waals surface area contributed by atoms with Crippen molar-refractivity contribution < 1.29 is 19.5 Å². The summed E-state index contributed by atoms with van der Waals surface area (Å²) in [6.07, 6.45) is 1.14. The lowest BCUT2D eigenvalue weighted by atomic mass is 9.95. The maximum absolute atomic E-state index is 12.7. The molecule has 6 heteroatoms. The maximum Gasteiger partial charge on any atom is 0.323 e. The van der Waals surface area contributed by atoms with Crippen LogP contribution >= 0.6 is 0 Å². The van der Waals surface area contributed by atoms with Gasteiger partial charge in [-0.2, -0.15) is 0 Å². The monoisotopic (exact) mass is 304 g/mol. The van der Waals surface area contributed by atoms with Gasteiger partial charge in [0.05, 0.1) is 0 Å². The summed E-state index contributed by atoms with van der Waals surface area (Å²) in [6.45, 7) is 2.25. The van der Waals surface area contributed by atoms with E-state index in [0.29, 0.717) is 31.6 Å². The zero-order chi connectivity index (χ0) is 16.1. The Kier molecular flexibility index (Phi) is 5.14. The highest BCUT2D eigenvalue weighted by atomic mass is 16.4. The Morgan fingerprint density at radius 2 is 1.77 bits per heavy atom. The van der Waals surface area contributed by atoms with E-state index < -0.39 is 5.97 Å². The van der Waals surface area contributed by atoms with Gasteiger partial charge in [-0.15, -0.1) is 0 Å². The molecule has 0 atom stereocenters. The van der Waals surface area contributed by atoms with Crippen LogP contribution in [0.15, 0.2) is 30.3 Å². The number of aliphatic carboxylic acids is 1. The fourth-order valence-electron chi connectivity index (χ4n) is 2.70. The Labute approximate surface area is 129 Å². The molecule has 0 spiro atoms. The molecule has 0 saturated carbocycles. The SMILES string of the molecule is CC(=O)N1CCC(C(=O)N(CC(=O)O)c2ccccc2)CC1. The number of piperidine rings is 1. The second kappa shape index (κ2) is 7.06. The van der Waals surface area contributed by atoms with Gasteiger partial charge in [-0.05, 0) is 25.0 Å². The molecule has 0 aromatic heterocycles. The highest BCUT2D eigenvalue weighted by Crippen LogP contribution is 2.23. The third kappa shape index (κ3) is 3.84. The van der Waals surface area contributed by atoms with Crippen molar-refractivity contribution in [3.63, 3.8) is 0 Å².